The topological polar surface area (TPSA) is 12.9 Å². The molecule has 0 aliphatic heterocycles. The average molecular weight is 445 g/mol. The molecule has 3 heteroatoms. The number of aromatic nitrogens is 1. The van der Waals surface area contributed by atoms with Crippen molar-refractivity contribution in [2.75, 3.05) is 0 Å². The number of pyridine rings is 1. The van der Waals surface area contributed by atoms with Crippen molar-refractivity contribution in [3.63, 3.8) is 0 Å². The lowest BCUT2D eigenvalue weighted by atomic mass is 9.94. The van der Waals surface area contributed by atoms with Crippen LogP contribution in [0.25, 0.3) is 44.1 Å². The predicted octanol–water partition coefficient (Wildman–Crippen LogP) is 8.14. The molecule has 0 fully saturated rings. The first-order valence-electron chi connectivity index (χ1n) is 9.03. The molecule has 134 valence electrons. The molecule has 0 bridgehead atoms. The fourth-order valence-corrected chi connectivity index (χ4v) is 4.02. The quantitative estimate of drug-likeness (QED) is 0.250. The van der Waals surface area contributed by atoms with Crippen molar-refractivity contribution >= 4 is 49.2 Å². The monoisotopic (exact) mass is 443 g/mol. The fraction of sp³-hybridized carbons (Fsp3) is 0. The molecule has 5 aromatic rings. The highest BCUT2D eigenvalue weighted by Gasteiger charge is 2.12. The molecule has 0 spiro atoms. The fourth-order valence-electron chi connectivity index (χ4n) is 3.63. The van der Waals surface area contributed by atoms with Crippen LogP contribution in [0, 0.1) is 0 Å². The van der Waals surface area contributed by atoms with Gasteiger partial charge in [-0.3, -0.25) is 0 Å². The highest BCUT2D eigenvalue weighted by atomic mass is 79.9. The maximum atomic E-state index is 6.08. The zero-order valence-electron chi connectivity index (χ0n) is 14.9. The summed E-state index contributed by atoms with van der Waals surface area (Å²) < 4.78 is 1.07. The molecule has 0 N–H and O–H groups in total. The van der Waals surface area contributed by atoms with Gasteiger partial charge >= 0.3 is 0 Å². The van der Waals surface area contributed by atoms with Crippen LogP contribution in [0.1, 0.15) is 0 Å². The molecular weight excluding hydrogens is 430 g/mol. The predicted molar refractivity (Wildman–Crippen MR) is 123 cm³/mol. The first kappa shape index (κ1) is 17.4. The molecule has 0 amide bonds. The van der Waals surface area contributed by atoms with E-state index in [1.165, 1.54) is 27.3 Å². The van der Waals surface area contributed by atoms with Crippen molar-refractivity contribution in [1.82, 2.24) is 4.98 Å². The van der Waals surface area contributed by atoms with Crippen LogP contribution < -0.4 is 0 Å². The zero-order chi connectivity index (χ0) is 19.1. The van der Waals surface area contributed by atoms with Gasteiger partial charge in [0, 0.05) is 20.4 Å². The molecule has 1 aromatic heterocycles. The lowest BCUT2D eigenvalue weighted by Gasteiger charge is -2.13. The van der Waals surface area contributed by atoms with Crippen molar-refractivity contribution in [1.29, 1.82) is 0 Å². The lowest BCUT2D eigenvalue weighted by molar-refractivity contribution is 1.40. The van der Waals surface area contributed by atoms with E-state index in [1.54, 1.807) is 0 Å². The second kappa shape index (κ2) is 7.05. The summed E-state index contributed by atoms with van der Waals surface area (Å²) in [6.07, 6.45) is 0. The summed E-state index contributed by atoms with van der Waals surface area (Å²) in [6, 6.07) is 31.2. The van der Waals surface area contributed by atoms with Crippen molar-refractivity contribution < 1.29 is 0 Å². The summed E-state index contributed by atoms with van der Waals surface area (Å²) in [5, 5.41) is 4.34. The van der Waals surface area contributed by atoms with Gasteiger partial charge in [0.15, 0.2) is 0 Å². The summed E-state index contributed by atoms with van der Waals surface area (Å²) in [7, 11) is 0. The van der Waals surface area contributed by atoms with E-state index in [1.807, 2.05) is 24.3 Å². The van der Waals surface area contributed by atoms with E-state index < -0.39 is 0 Å². The Morgan fingerprint density at radius 1 is 0.714 bits per heavy atom. The minimum atomic E-state index is 0.726. The number of fused-ring (bicyclic) bond motifs is 3. The minimum Gasteiger partial charge on any atom is -0.248 e. The van der Waals surface area contributed by atoms with Crippen molar-refractivity contribution in [2.24, 2.45) is 0 Å². The van der Waals surface area contributed by atoms with Gasteiger partial charge < -0.3 is 0 Å². The van der Waals surface area contributed by atoms with Gasteiger partial charge in [0.05, 0.1) is 11.2 Å². The molecule has 0 saturated heterocycles. The molecule has 0 aliphatic rings. The number of halogens is 2. The number of hydrogen-bond donors (Lipinski definition) is 0. The van der Waals surface area contributed by atoms with Gasteiger partial charge in [-0.15, -0.1) is 0 Å². The standard InChI is InChI=1S/C25H15BrClN/c26-19-10-5-17(6-11-19)22-15-24(18-7-12-20(27)13-8-18)28-23-14-9-16-3-1-2-4-21(16)25(22)23/h1-15H. The number of rotatable bonds is 2. The van der Waals surface area contributed by atoms with Crippen LogP contribution in [-0.2, 0) is 0 Å². The second-order valence-electron chi connectivity index (χ2n) is 6.75. The SMILES string of the molecule is Clc1ccc(-c2cc(-c3ccc(Br)cc3)c3c(ccc4ccccc43)n2)cc1. The molecule has 5 rings (SSSR count). The largest absolute Gasteiger partial charge is 0.248 e. The van der Waals surface area contributed by atoms with E-state index in [2.05, 4.69) is 82.7 Å². The molecular formula is C25H15BrClN. The third kappa shape index (κ3) is 3.09. The van der Waals surface area contributed by atoms with E-state index in [9.17, 15) is 0 Å². The Hall–Kier alpha value is -2.68. The van der Waals surface area contributed by atoms with E-state index in [0.29, 0.717) is 0 Å². The van der Waals surface area contributed by atoms with Crippen LogP contribution in [0.3, 0.4) is 0 Å². The maximum absolute atomic E-state index is 6.08. The second-order valence-corrected chi connectivity index (χ2v) is 8.10. The molecule has 1 heterocycles. The smallest absolute Gasteiger partial charge is 0.0722 e. The van der Waals surface area contributed by atoms with Crippen molar-refractivity contribution in [3.8, 4) is 22.4 Å². The summed E-state index contributed by atoms with van der Waals surface area (Å²) in [5.41, 5.74) is 5.33. The van der Waals surface area contributed by atoms with Gasteiger partial charge in [-0.05, 0) is 58.3 Å². The summed E-state index contributed by atoms with van der Waals surface area (Å²) >= 11 is 9.62. The Bertz CT molecular complexity index is 1310. The first-order valence-corrected chi connectivity index (χ1v) is 10.2. The molecule has 4 aromatic carbocycles. The first-order chi connectivity index (χ1) is 13.7. The summed E-state index contributed by atoms with van der Waals surface area (Å²) in [4.78, 5) is 4.98. The maximum Gasteiger partial charge on any atom is 0.0722 e. The van der Waals surface area contributed by atoms with E-state index in [-0.39, 0.29) is 0 Å². The van der Waals surface area contributed by atoms with Gasteiger partial charge in [0.2, 0.25) is 0 Å². The minimum absolute atomic E-state index is 0.726. The van der Waals surface area contributed by atoms with Gasteiger partial charge in [0.1, 0.15) is 0 Å². The van der Waals surface area contributed by atoms with Crippen LogP contribution in [0.4, 0.5) is 0 Å². The summed E-state index contributed by atoms with van der Waals surface area (Å²) in [6.45, 7) is 0. The normalized spacial score (nSPS) is 11.2. The molecule has 1 nitrogen and oxygen atoms in total. The summed E-state index contributed by atoms with van der Waals surface area (Å²) in [5.74, 6) is 0. The molecule has 0 aliphatic carbocycles. The van der Waals surface area contributed by atoms with Crippen molar-refractivity contribution in [2.45, 2.75) is 0 Å². The third-order valence-corrected chi connectivity index (χ3v) is 5.77. The van der Waals surface area contributed by atoms with Gasteiger partial charge in [-0.25, -0.2) is 4.98 Å². The Morgan fingerprint density at radius 3 is 2.21 bits per heavy atom. The highest BCUT2D eigenvalue weighted by Crippen LogP contribution is 2.37. The van der Waals surface area contributed by atoms with Crippen LogP contribution in [0.2, 0.25) is 5.02 Å². The molecule has 28 heavy (non-hydrogen) atoms. The number of nitrogens with zero attached hydrogens (tertiary/aromatic N) is 1. The van der Waals surface area contributed by atoms with Crippen molar-refractivity contribution in [3.05, 3.63) is 100 Å². The zero-order valence-corrected chi connectivity index (χ0v) is 17.2. The lowest BCUT2D eigenvalue weighted by Crippen LogP contribution is -1.91. The Kier molecular flexibility index (Phi) is 4.38. The molecule has 0 atom stereocenters. The third-order valence-electron chi connectivity index (χ3n) is 4.99. The number of benzene rings is 4. The van der Waals surface area contributed by atoms with Crippen LogP contribution >= 0.6 is 27.5 Å². The molecule has 0 unspecified atom stereocenters. The van der Waals surface area contributed by atoms with E-state index in [4.69, 9.17) is 16.6 Å². The Labute approximate surface area is 176 Å². The van der Waals surface area contributed by atoms with Crippen LogP contribution in [-0.4, -0.2) is 4.98 Å². The van der Waals surface area contributed by atoms with Gasteiger partial charge in [-0.2, -0.15) is 0 Å². The Morgan fingerprint density at radius 2 is 1.43 bits per heavy atom. The van der Waals surface area contributed by atoms with Crippen LogP contribution in [0.15, 0.2) is 95.5 Å². The number of hydrogen-bond acceptors (Lipinski definition) is 1. The molecule has 0 saturated carbocycles. The molecule has 0 radical (unpaired) electrons. The van der Waals surface area contributed by atoms with Gasteiger partial charge in [0.25, 0.3) is 0 Å². The Balaban J connectivity index is 1.87. The average Bonchev–Trinajstić information content (AvgIpc) is 2.74. The van der Waals surface area contributed by atoms with Gasteiger partial charge in [-0.1, -0.05) is 82.1 Å². The van der Waals surface area contributed by atoms with Crippen LogP contribution in [0.5, 0.6) is 0 Å². The highest BCUT2D eigenvalue weighted by molar-refractivity contribution is 9.10. The van der Waals surface area contributed by atoms with E-state index >= 15 is 0 Å². The van der Waals surface area contributed by atoms with E-state index in [0.717, 1.165) is 26.3 Å².